The van der Waals surface area contributed by atoms with Crippen molar-refractivity contribution in [3.05, 3.63) is 72.0 Å². The summed E-state index contributed by atoms with van der Waals surface area (Å²) in [5, 5.41) is 23.3. The predicted octanol–water partition coefficient (Wildman–Crippen LogP) is -9.03. The number of aliphatic imine (C=N–C) groups is 1. The maximum atomic E-state index is 12.5. The number of hydrogen-bond donors (Lipinski definition) is 3. The van der Waals surface area contributed by atoms with Crippen molar-refractivity contribution in [2.45, 2.75) is 26.5 Å². The summed E-state index contributed by atoms with van der Waals surface area (Å²) in [4.78, 5) is 11.9. The van der Waals surface area contributed by atoms with Gasteiger partial charge in [0.1, 0.15) is 46.6 Å². The Bertz CT molecular complexity index is 2840. The molecular formula is C27H17ClN8Na4O13S4. The Morgan fingerprint density at radius 2 is 1.23 bits per heavy atom. The second kappa shape index (κ2) is 21.0. The molecule has 0 saturated carbocycles. The summed E-state index contributed by atoms with van der Waals surface area (Å²) in [6, 6.07) is 10.9. The van der Waals surface area contributed by atoms with Crippen LogP contribution in [0.2, 0.25) is 5.28 Å². The molecule has 0 spiro atoms. The summed E-state index contributed by atoms with van der Waals surface area (Å²) in [5.74, 6) is -1.56. The molecule has 0 radical (unpaired) electrons. The van der Waals surface area contributed by atoms with E-state index in [1.54, 1.807) is 0 Å². The van der Waals surface area contributed by atoms with Crippen molar-refractivity contribution in [3.63, 3.8) is 0 Å². The van der Waals surface area contributed by atoms with E-state index in [9.17, 15) is 57.0 Å². The van der Waals surface area contributed by atoms with Crippen molar-refractivity contribution < 1.29 is 175 Å². The fourth-order valence-corrected chi connectivity index (χ4v) is 7.40. The second-order valence-corrected chi connectivity index (χ2v) is 16.1. The quantitative estimate of drug-likeness (QED) is 0.0364. The van der Waals surface area contributed by atoms with Crippen LogP contribution in [0.15, 0.2) is 102 Å². The summed E-state index contributed by atoms with van der Waals surface area (Å²) < 4.78 is 141. The largest absolute Gasteiger partial charge is 1.00 e. The van der Waals surface area contributed by atoms with Crippen molar-refractivity contribution in [1.29, 1.82) is 0 Å². The minimum absolute atomic E-state index is 0. The number of anilines is 4. The minimum Gasteiger partial charge on any atom is -0.862 e. The van der Waals surface area contributed by atoms with Gasteiger partial charge in [0, 0.05) is 22.1 Å². The van der Waals surface area contributed by atoms with Crippen LogP contribution in [0.5, 0.6) is 0 Å². The van der Waals surface area contributed by atoms with Crippen molar-refractivity contribution in [2.24, 2.45) is 15.2 Å². The molecule has 1 aromatic heterocycles. The molecule has 0 unspecified atom stereocenters. The first kappa shape index (κ1) is 53.8. The number of hydrogen-bond acceptors (Lipinski definition) is 20. The zero-order chi connectivity index (χ0) is 39.1. The normalized spacial score (nSPS) is 12.1. The van der Waals surface area contributed by atoms with Gasteiger partial charge in [-0.1, -0.05) is 18.2 Å². The molecule has 0 bridgehead atoms. The molecule has 3 N–H and O–H groups in total. The summed E-state index contributed by atoms with van der Waals surface area (Å²) >= 11 is 6.00. The van der Waals surface area contributed by atoms with Gasteiger partial charge in [-0.25, -0.2) is 25.3 Å². The number of nitrogens with one attached hydrogen (secondary N) is 2. The Hall–Kier alpha value is -1.25. The van der Waals surface area contributed by atoms with Gasteiger partial charge in [0.05, 0.1) is 20.4 Å². The van der Waals surface area contributed by atoms with Gasteiger partial charge >= 0.3 is 118 Å². The van der Waals surface area contributed by atoms with Crippen molar-refractivity contribution >= 4 is 109 Å². The van der Waals surface area contributed by atoms with E-state index in [0.717, 1.165) is 55.5 Å². The minimum atomic E-state index is -5.52. The number of aromatic nitrogens is 3. The van der Waals surface area contributed by atoms with Crippen molar-refractivity contribution in [3.8, 4) is 0 Å². The third-order valence-corrected chi connectivity index (χ3v) is 10.3. The van der Waals surface area contributed by atoms with E-state index < -0.39 is 99.1 Å². The molecule has 5 rings (SSSR count). The Balaban J connectivity index is 0.00000406. The van der Waals surface area contributed by atoms with Crippen molar-refractivity contribution in [1.82, 2.24) is 15.0 Å². The molecule has 0 fully saturated rings. The molecule has 57 heavy (non-hydrogen) atoms. The van der Waals surface area contributed by atoms with E-state index in [0.29, 0.717) is 6.07 Å². The molecule has 5 aromatic rings. The SMILES string of the molecule is CC([O-])=Nc1cc(Nc2nc(Cl)nc(Nc3ccc(S(=O)(=O)[O-])cc3)n2)cc(S(=O)(=O)[O-])c1N=Nc1ccc2c(S(=O)(=O)[O-])cccc2c1S(=O)(=O)O.[Na+].[Na+].[Na+].[Na+]. The summed E-state index contributed by atoms with van der Waals surface area (Å²) in [6.07, 6.45) is 0. The first-order chi connectivity index (χ1) is 24.5. The van der Waals surface area contributed by atoms with Gasteiger partial charge < -0.3 is 29.4 Å². The molecule has 30 heteroatoms. The van der Waals surface area contributed by atoms with Crippen LogP contribution in [-0.4, -0.2) is 72.7 Å². The first-order valence-corrected chi connectivity index (χ1v) is 19.8. The average molecular weight is 917 g/mol. The number of fused-ring (bicyclic) bond motifs is 1. The van der Waals surface area contributed by atoms with Gasteiger partial charge in [-0.2, -0.15) is 23.4 Å². The van der Waals surface area contributed by atoms with E-state index >= 15 is 0 Å². The molecule has 0 aliphatic rings. The Kier molecular flexibility index (Phi) is 19.8. The number of rotatable bonds is 11. The van der Waals surface area contributed by atoms with Crippen LogP contribution in [0, 0.1) is 0 Å². The topological polar surface area (TPSA) is 349 Å². The molecule has 278 valence electrons. The summed E-state index contributed by atoms with van der Waals surface area (Å²) in [6.45, 7) is 0.955. The van der Waals surface area contributed by atoms with Gasteiger partial charge in [-0.05, 0) is 73.0 Å². The smallest absolute Gasteiger partial charge is 0.862 e. The molecule has 4 aromatic carbocycles. The van der Waals surface area contributed by atoms with Gasteiger partial charge in [-0.15, -0.1) is 10.2 Å². The first-order valence-electron chi connectivity index (χ1n) is 13.8. The molecule has 0 saturated heterocycles. The maximum Gasteiger partial charge on any atom is 1.00 e. The molecular weight excluding hydrogens is 900 g/mol. The number of halogens is 1. The van der Waals surface area contributed by atoms with Crippen LogP contribution < -0.4 is 134 Å². The molecule has 1 heterocycles. The van der Waals surface area contributed by atoms with Crippen LogP contribution in [0.1, 0.15) is 6.92 Å². The van der Waals surface area contributed by atoms with Crippen LogP contribution in [-0.2, 0) is 40.5 Å². The number of nitrogens with zero attached hydrogens (tertiary/aromatic N) is 6. The monoisotopic (exact) mass is 916 g/mol. The average Bonchev–Trinajstić information content (AvgIpc) is 3.01. The number of benzene rings is 4. The standard InChI is InChI=1S/C27H21ClN8O13S4.4Na/c1-13(37)29-20-11-15(31-27-33-25(28)32-26(34-27)30-14-5-7-16(8-6-14)50(38,39)40)12-22(52(44,45)46)23(20)36-35-19-10-9-17-18(24(19)53(47,48)49)3-2-4-21(17)51(41,42)43;;;;/h2-12H,1H3,(H,29,37)(H,38,39,40)(H,41,42,43)(H,44,45,46)(H,47,48,49)(H2,30,31,32,33,34);;;;/q;4*+1/p-4. The molecule has 21 nitrogen and oxygen atoms in total. The second-order valence-electron chi connectivity index (χ2n) is 10.3. The fourth-order valence-electron chi connectivity index (χ4n) is 4.60. The summed E-state index contributed by atoms with van der Waals surface area (Å²) in [7, 11) is -20.6. The van der Waals surface area contributed by atoms with E-state index in [2.05, 4.69) is 40.8 Å². The predicted molar refractivity (Wildman–Crippen MR) is 179 cm³/mol. The van der Waals surface area contributed by atoms with Crippen LogP contribution >= 0.6 is 11.6 Å². The van der Waals surface area contributed by atoms with Gasteiger partial charge in [0.2, 0.25) is 17.2 Å². The number of azo groups is 1. The Labute approximate surface area is 417 Å². The summed E-state index contributed by atoms with van der Waals surface area (Å²) in [5.41, 5.74) is -2.30. The zero-order valence-corrected chi connectivity index (χ0v) is 41.9. The fraction of sp³-hybridized carbons (Fsp3) is 0.0370. The van der Waals surface area contributed by atoms with E-state index in [1.807, 2.05) is 0 Å². The molecule has 0 atom stereocenters. The van der Waals surface area contributed by atoms with Crippen molar-refractivity contribution in [2.75, 3.05) is 10.6 Å². The van der Waals surface area contributed by atoms with Gasteiger partial charge in [0.25, 0.3) is 10.1 Å². The Morgan fingerprint density at radius 3 is 1.74 bits per heavy atom. The third-order valence-electron chi connectivity index (χ3n) is 6.60. The van der Waals surface area contributed by atoms with Crippen LogP contribution in [0.25, 0.3) is 10.8 Å². The van der Waals surface area contributed by atoms with Crippen LogP contribution in [0.4, 0.5) is 40.3 Å². The molecule has 0 aliphatic heterocycles. The van der Waals surface area contributed by atoms with Gasteiger partial charge in [-0.3, -0.25) is 9.55 Å². The van der Waals surface area contributed by atoms with E-state index in [4.69, 9.17) is 11.6 Å². The van der Waals surface area contributed by atoms with Crippen LogP contribution in [0.3, 0.4) is 0 Å². The Morgan fingerprint density at radius 1 is 0.667 bits per heavy atom. The van der Waals surface area contributed by atoms with E-state index in [1.165, 1.54) is 12.1 Å². The zero-order valence-electron chi connectivity index (χ0n) is 29.9. The third kappa shape index (κ3) is 13.9. The molecule has 0 amide bonds. The molecule has 0 aliphatic carbocycles. The van der Waals surface area contributed by atoms with Gasteiger partial charge in [0.15, 0.2) is 0 Å². The van der Waals surface area contributed by atoms with E-state index in [-0.39, 0.29) is 142 Å². The maximum absolute atomic E-state index is 12.5.